The first kappa shape index (κ1) is 14.5. The van der Waals surface area contributed by atoms with Gasteiger partial charge in [0.05, 0.1) is 4.92 Å². The molecule has 5 nitrogen and oxygen atoms in total. The van der Waals surface area contributed by atoms with Crippen molar-refractivity contribution in [1.29, 1.82) is 0 Å². The minimum atomic E-state index is -0.420. The zero-order valence-corrected chi connectivity index (χ0v) is 12.2. The molecule has 1 aliphatic heterocycles. The van der Waals surface area contributed by atoms with Gasteiger partial charge in [0, 0.05) is 18.7 Å². The van der Waals surface area contributed by atoms with Crippen LogP contribution in [0.5, 0.6) is 11.5 Å². The lowest BCUT2D eigenvalue weighted by Crippen LogP contribution is -2.28. The van der Waals surface area contributed by atoms with Crippen molar-refractivity contribution in [2.75, 3.05) is 13.1 Å². The summed E-state index contributed by atoms with van der Waals surface area (Å²) in [5, 5.41) is 14.0. The average Bonchev–Trinajstić information content (AvgIpc) is 2.57. The topological polar surface area (TPSA) is 64.4 Å². The second-order valence-corrected chi connectivity index (χ2v) is 5.47. The van der Waals surface area contributed by atoms with Crippen LogP contribution in [0.4, 0.5) is 5.69 Å². The minimum absolute atomic E-state index is 0.0625. The number of benzene rings is 2. The molecule has 1 atom stereocenters. The predicted molar refractivity (Wildman–Crippen MR) is 84.5 cm³/mol. The molecule has 1 unspecified atom stereocenters. The highest BCUT2D eigenvalue weighted by Gasteiger charge is 2.14. The molecule has 0 spiro atoms. The number of nitrogens with one attached hydrogen (secondary N) is 1. The van der Waals surface area contributed by atoms with E-state index in [1.54, 1.807) is 12.1 Å². The summed E-state index contributed by atoms with van der Waals surface area (Å²) in [7, 11) is 0. The van der Waals surface area contributed by atoms with E-state index in [0.717, 1.165) is 18.8 Å². The van der Waals surface area contributed by atoms with Crippen LogP contribution in [0.3, 0.4) is 0 Å². The van der Waals surface area contributed by atoms with Crippen LogP contribution in [-0.2, 0) is 0 Å². The van der Waals surface area contributed by atoms with Crippen LogP contribution >= 0.6 is 0 Å². The van der Waals surface area contributed by atoms with Crippen molar-refractivity contribution in [1.82, 2.24) is 5.32 Å². The molecule has 0 radical (unpaired) electrons. The van der Waals surface area contributed by atoms with Gasteiger partial charge in [-0.2, -0.15) is 0 Å². The van der Waals surface area contributed by atoms with E-state index in [-0.39, 0.29) is 5.69 Å². The first-order valence-electron chi connectivity index (χ1n) is 7.45. The Bertz CT molecular complexity index is 632. The lowest BCUT2D eigenvalue weighted by atomic mass is 9.92. The van der Waals surface area contributed by atoms with Crippen molar-refractivity contribution in [3.8, 4) is 11.5 Å². The highest BCUT2D eigenvalue weighted by molar-refractivity contribution is 5.39. The summed E-state index contributed by atoms with van der Waals surface area (Å²) >= 11 is 0. The summed E-state index contributed by atoms with van der Waals surface area (Å²) in [6.07, 6.45) is 2.43. The predicted octanol–water partition coefficient (Wildman–Crippen LogP) is 3.85. The summed E-state index contributed by atoms with van der Waals surface area (Å²) < 4.78 is 5.72. The third-order valence-corrected chi connectivity index (χ3v) is 3.93. The summed E-state index contributed by atoms with van der Waals surface area (Å²) in [4.78, 5) is 10.2. The van der Waals surface area contributed by atoms with E-state index < -0.39 is 4.92 Å². The number of nitro benzene ring substituents is 1. The van der Waals surface area contributed by atoms with Gasteiger partial charge in [-0.15, -0.1) is 0 Å². The van der Waals surface area contributed by atoms with Gasteiger partial charge in [-0.3, -0.25) is 10.1 Å². The number of rotatable bonds is 4. The lowest BCUT2D eigenvalue weighted by molar-refractivity contribution is -0.384. The van der Waals surface area contributed by atoms with Gasteiger partial charge in [-0.1, -0.05) is 12.1 Å². The van der Waals surface area contributed by atoms with Crippen molar-refractivity contribution in [3.05, 3.63) is 64.2 Å². The van der Waals surface area contributed by atoms with Crippen molar-refractivity contribution < 1.29 is 9.66 Å². The van der Waals surface area contributed by atoms with Crippen molar-refractivity contribution >= 4 is 5.69 Å². The second kappa shape index (κ2) is 6.58. The Morgan fingerprint density at radius 3 is 2.23 bits per heavy atom. The molecular weight excluding hydrogens is 280 g/mol. The maximum absolute atomic E-state index is 10.6. The van der Waals surface area contributed by atoms with Gasteiger partial charge < -0.3 is 10.1 Å². The summed E-state index contributed by atoms with van der Waals surface area (Å²) in [6.45, 7) is 2.14. The number of ether oxygens (including phenoxy) is 1. The fourth-order valence-corrected chi connectivity index (χ4v) is 2.72. The zero-order chi connectivity index (χ0) is 15.4. The molecule has 0 aliphatic carbocycles. The SMILES string of the molecule is O=[N+]([O-])c1ccc(Oc2ccc(C3CCCNC3)cc2)cc1. The zero-order valence-electron chi connectivity index (χ0n) is 12.2. The Kier molecular flexibility index (Phi) is 4.34. The molecule has 0 bridgehead atoms. The first-order valence-corrected chi connectivity index (χ1v) is 7.45. The van der Waals surface area contributed by atoms with Gasteiger partial charge in [-0.25, -0.2) is 0 Å². The first-order chi connectivity index (χ1) is 10.7. The van der Waals surface area contributed by atoms with E-state index in [4.69, 9.17) is 4.74 Å². The van der Waals surface area contributed by atoms with E-state index in [1.165, 1.54) is 30.5 Å². The second-order valence-electron chi connectivity index (χ2n) is 5.47. The van der Waals surface area contributed by atoms with Crippen LogP contribution in [0.15, 0.2) is 48.5 Å². The maximum Gasteiger partial charge on any atom is 0.269 e. The Morgan fingerprint density at radius 2 is 1.68 bits per heavy atom. The quantitative estimate of drug-likeness (QED) is 0.687. The third-order valence-electron chi connectivity index (χ3n) is 3.93. The Morgan fingerprint density at radius 1 is 1.05 bits per heavy atom. The molecule has 1 aliphatic rings. The highest BCUT2D eigenvalue weighted by Crippen LogP contribution is 2.28. The molecule has 114 valence electrons. The molecule has 5 heteroatoms. The van der Waals surface area contributed by atoms with Crippen LogP contribution in [0, 0.1) is 10.1 Å². The van der Waals surface area contributed by atoms with Crippen LogP contribution in [0.25, 0.3) is 0 Å². The van der Waals surface area contributed by atoms with Gasteiger partial charge in [0.15, 0.2) is 0 Å². The Hall–Kier alpha value is -2.40. The number of non-ortho nitro benzene ring substituents is 1. The van der Waals surface area contributed by atoms with E-state index >= 15 is 0 Å². The molecule has 3 rings (SSSR count). The number of piperidine rings is 1. The number of hydrogen-bond acceptors (Lipinski definition) is 4. The maximum atomic E-state index is 10.6. The van der Waals surface area contributed by atoms with Crippen LogP contribution in [-0.4, -0.2) is 18.0 Å². The highest BCUT2D eigenvalue weighted by atomic mass is 16.6. The summed E-state index contributed by atoms with van der Waals surface area (Å²) in [6, 6.07) is 14.2. The summed E-state index contributed by atoms with van der Waals surface area (Å²) in [5.74, 6) is 1.90. The fraction of sp³-hybridized carbons (Fsp3) is 0.294. The normalized spacial score (nSPS) is 17.9. The molecule has 2 aromatic carbocycles. The molecule has 0 saturated carbocycles. The molecule has 1 heterocycles. The molecular formula is C17H18N2O3. The largest absolute Gasteiger partial charge is 0.457 e. The van der Waals surface area contributed by atoms with Gasteiger partial charge >= 0.3 is 0 Å². The van der Waals surface area contributed by atoms with Crippen LogP contribution in [0.1, 0.15) is 24.3 Å². The molecule has 1 N–H and O–H groups in total. The van der Waals surface area contributed by atoms with E-state index in [9.17, 15) is 10.1 Å². The van der Waals surface area contributed by atoms with Crippen molar-refractivity contribution in [2.45, 2.75) is 18.8 Å². The lowest BCUT2D eigenvalue weighted by Gasteiger charge is -2.23. The number of nitro groups is 1. The molecule has 0 amide bonds. The van der Waals surface area contributed by atoms with Gasteiger partial charge in [0.2, 0.25) is 0 Å². The smallest absolute Gasteiger partial charge is 0.269 e. The Labute approximate surface area is 129 Å². The monoisotopic (exact) mass is 298 g/mol. The van der Waals surface area contributed by atoms with E-state index in [2.05, 4.69) is 17.4 Å². The van der Waals surface area contributed by atoms with Gasteiger partial charge in [0.1, 0.15) is 11.5 Å². The Balaban J connectivity index is 1.66. The molecule has 2 aromatic rings. The van der Waals surface area contributed by atoms with Gasteiger partial charge in [0.25, 0.3) is 5.69 Å². The molecule has 1 fully saturated rings. The van der Waals surface area contributed by atoms with Crippen LogP contribution < -0.4 is 10.1 Å². The average molecular weight is 298 g/mol. The summed E-state index contributed by atoms with van der Waals surface area (Å²) in [5.41, 5.74) is 1.38. The molecule has 0 aromatic heterocycles. The number of nitrogens with zero attached hydrogens (tertiary/aromatic N) is 1. The van der Waals surface area contributed by atoms with E-state index in [0.29, 0.717) is 11.7 Å². The van der Waals surface area contributed by atoms with Crippen LogP contribution in [0.2, 0.25) is 0 Å². The van der Waals surface area contributed by atoms with Crippen molar-refractivity contribution in [2.24, 2.45) is 0 Å². The van der Waals surface area contributed by atoms with E-state index in [1.807, 2.05) is 12.1 Å². The molecule has 1 saturated heterocycles. The minimum Gasteiger partial charge on any atom is -0.457 e. The number of hydrogen-bond donors (Lipinski definition) is 1. The standard InChI is InChI=1S/C17H18N2O3/c20-19(21)15-5-9-17(10-6-15)22-16-7-3-13(4-8-16)14-2-1-11-18-12-14/h3-10,14,18H,1-2,11-12H2. The third kappa shape index (κ3) is 3.43. The van der Waals surface area contributed by atoms with Crippen molar-refractivity contribution in [3.63, 3.8) is 0 Å². The molecule has 22 heavy (non-hydrogen) atoms. The fourth-order valence-electron chi connectivity index (χ4n) is 2.72. The van der Waals surface area contributed by atoms with Gasteiger partial charge in [-0.05, 0) is 55.1 Å².